The Labute approximate surface area is 74.6 Å². The van der Waals surface area contributed by atoms with Crippen LogP contribution in [0.3, 0.4) is 0 Å². The average Bonchev–Trinajstić information content (AvgIpc) is 2.02. The molecule has 0 heterocycles. The summed E-state index contributed by atoms with van der Waals surface area (Å²) in [7, 11) is 0. The van der Waals surface area contributed by atoms with Crippen molar-refractivity contribution in [3.63, 3.8) is 0 Å². The summed E-state index contributed by atoms with van der Waals surface area (Å²) >= 11 is 0. The fourth-order valence-electron chi connectivity index (χ4n) is 0.908. The summed E-state index contributed by atoms with van der Waals surface area (Å²) in [6, 6.07) is 6.92. The molecule has 0 bridgehead atoms. The molecule has 4 heteroatoms. The number of rotatable bonds is 2. The lowest BCUT2D eigenvalue weighted by Gasteiger charge is -2.08. The number of benzene rings is 1. The van der Waals surface area contributed by atoms with Crippen LogP contribution in [0.5, 0.6) is 0 Å². The number of alkyl halides is 3. The number of halogens is 3. The van der Waals surface area contributed by atoms with E-state index < -0.39 is 6.30 Å². The van der Waals surface area contributed by atoms with Crippen LogP contribution in [0.4, 0.5) is 13.2 Å². The zero-order chi connectivity index (χ0) is 9.90. The molecule has 0 aliphatic rings. The molecule has 1 nitrogen and oxygen atoms in total. The Balaban J connectivity index is 2.51. The fourth-order valence-corrected chi connectivity index (χ4v) is 0.908. The van der Waals surface area contributed by atoms with Crippen LogP contribution in [0.1, 0.15) is 11.1 Å². The van der Waals surface area contributed by atoms with Gasteiger partial charge in [-0.1, -0.05) is 29.8 Å². The number of nitrogens with one attached hydrogen (secondary N) is 1. The molecule has 0 fully saturated rings. The van der Waals surface area contributed by atoms with Crippen LogP contribution in [0.2, 0.25) is 0 Å². The summed E-state index contributed by atoms with van der Waals surface area (Å²) in [4.78, 5) is 0. The largest absolute Gasteiger partial charge is 0.457 e. The van der Waals surface area contributed by atoms with Crippen molar-refractivity contribution in [3.8, 4) is 0 Å². The Bertz CT molecular complexity index is 263. The Morgan fingerprint density at radius 3 is 2.15 bits per heavy atom. The molecule has 1 aromatic rings. The maximum atomic E-state index is 11.7. The smallest absolute Gasteiger partial charge is 0.224 e. The van der Waals surface area contributed by atoms with Gasteiger partial charge in [-0.3, -0.25) is 0 Å². The van der Waals surface area contributed by atoms with Crippen molar-refractivity contribution in [2.24, 2.45) is 0 Å². The van der Waals surface area contributed by atoms with Gasteiger partial charge in [0.15, 0.2) is 0 Å². The highest BCUT2D eigenvalue weighted by Gasteiger charge is 2.25. The van der Waals surface area contributed by atoms with Crippen molar-refractivity contribution in [2.75, 3.05) is 0 Å². The monoisotopic (exact) mass is 189 g/mol. The lowest BCUT2D eigenvalue weighted by Crippen LogP contribution is -2.30. The summed E-state index contributed by atoms with van der Waals surface area (Å²) in [5.41, 5.74) is 1.67. The van der Waals surface area contributed by atoms with Gasteiger partial charge in [0.05, 0.1) is 0 Å². The average molecular weight is 189 g/mol. The topological polar surface area (TPSA) is 12.0 Å². The van der Waals surface area contributed by atoms with Crippen LogP contribution in [0.25, 0.3) is 0 Å². The van der Waals surface area contributed by atoms with Gasteiger partial charge in [-0.25, -0.2) is 5.32 Å². The van der Waals surface area contributed by atoms with E-state index in [1.165, 1.54) is 5.32 Å². The highest BCUT2D eigenvalue weighted by molar-refractivity contribution is 5.21. The molecule has 0 aliphatic carbocycles. The van der Waals surface area contributed by atoms with E-state index in [2.05, 4.69) is 0 Å². The molecule has 0 aromatic heterocycles. The zero-order valence-electron chi connectivity index (χ0n) is 7.15. The predicted molar refractivity (Wildman–Crippen MR) is 44.1 cm³/mol. The van der Waals surface area contributed by atoms with Crippen molar-refractivity contribution in [1.82, 2.24) is 5.32 Å². The summed E-state index contributed by atoms with van der Waals surface area (Å²) in [6.45, 7) is 1.71. The third kappa shape index (κ3) is 3.94. The van der Waals surface area contributed by atoms with Crippen molar-refractivity contribution >= 4 is 0 Å². The van der Waals surface area contributed by atoms with Gasteiger partial charge >= 0.3 is 6.30 Å². The van der Waals surface area contributed by atoms with Gasteiger partial charge in [0.1, 0.15) is 0 Å². The maximum absolute atomic E-state index is 11.7. The summed E-state index contributed by atoms with van der Waals surface area (Å²) < 4.78 is 35.1. The van der Waals surface area contributed by atoms with Gasteiger partial charge in [-0.15, -0.1) is 0 Å². The fraction of sp³-hybridized carbons (Fsp3) is 0.333. The molecule has 1 rings (SSSR count). The Hall–Kier alpha value is -1.03. The number of hydrogen-bond acceptors (Lipinski definition) is 1. The molecule has 1 aromatic carbocycles. The van der Waals surface area contributed by atoms with Gasteiger partial charge < -0.3 is 0 Å². The minimum absolute atomic E-state index is 0.177. The predicted octanol–water partition coefficient (Wildman–Crippen LogP) is 2.60. The highest BCUT2D eigenvalue weighted by atomic mass is 19.4. The first kappa shape index (κ1) is 10.1. The van der Waals surface area contributed by atoms with Crippen molar-refractivity contribution < 1.29 is 13.2 Å². The van der Waals surface area contributed by atoms with Crippen LogP contribution in [0.15, 0.2) is 24.3 Å². The van der Waals surface area contributed by atoms with Crippen molar-refractivity contribution in [3.05, 3.63) is 35.4 Å². The van der Waals surface area contributed by atoms with Gasteiger partial charge in [0.2, 0.25) is 0 Å². The van der Waals surface area contributed by atoms with Crippen molar-refractivity contribution in [2.45, 2.75) is 19.8 Å². The van der Waals surface area contributed by atoms with Gasteiger partial charge in [-0.05, 0) is 12.5 Å². The summed E-state index contributed by atoms with van der Waals surface area (Å²) in [5, 5.41) is 1.46. The van der Waals surface area contributed by atoms with Crippen LogP contribution in [0, 0.1) is 6.92 Å². The van der Waals surface area contributed by atoms with Crippen molar-refractivity contribution in [1.29, 1.82) is 0 Å². The molecule has 0 amide bonds. The number of aryl methyl sites for hydroxylation is 1. The molecule has 0 saturated heterocycles. The molecule has 0 radical (unpaired) electrons. The standard InChI is InChI=1S/C9H10F3N/c1-7-2-4-8(5-3-7)6-13-9(10,11)12/h2-5,13H,6H2,1H3. The maximum Gasteiger partial charge on any atom is 0.457 e. The molecular formula is C9H10F3N. The second kappa shape index (κ2) is 3.79. The van der Waals surface area contributed by atoms with E-state index in [1.54, 1.807) is 24.3 Å². The van der Waals surface area contributed by atoms with E-state index >= 15 is 0 Å². The number of hydrogen-bond donors (Lipinski definition) is 1. The third-order valence-electron chi connectivity index (χ3n) is 1.61. The molecular weight excluding hydrogens is 179 g/mol. The zero-order valence-corrected chi connectivity index (χ0v) is 7.15. The van der Waals surface area contributed by atoms with Crippen LogP contribution >= 0.6 is 0 Å². The van der Waals surface area contributed by atoms with Gasteiger partial charge in [-0.2, -0.15) is 13.2 Å². The van der Waals surface area contributed by atoms with E-state index in [9.17, 15) is 13.2 Å². The molecule has 0 saturated carbocycles. The normalized spacial score (nSPS) is 11.7. The first-order valence-corrected chi connectivity index (χ1v) is 3.85. The first-order valence-electron chi connectivity index (χ1n) is 3.85. The van der Waals surface area contributed by atoms with E-state index in [0.717, 1.165) is 5.56 Å². The second-order valence-corrected chi connectivity index (χ2v) is 2.84. The molecule has 1 N–H and O–H groups in total. The molecule has 0 unspecified atom stereocenters. The quantitative estimate of drug-likeness (QED) is 0.705. The molecule has 13 heavy (non-hydrogen) atoms. The Morgan fingerprint density at radius 2 is 1.69 bits per heavy atom. The van der Waals surface area contributed by atoms with Crippen LogP contribution in [-0.4, -0.2) is 6.30 Å². The molecule has 0 aliphatic heterocycles. The Kier molecular flexibility index (Phi) is 2.93. The lowest BCUT2D eigenvalue weighted by molar-refractivity contribution is -0.158. The minimum atomic E-state index is -4.30. The second-order valence-electron chi connectivity index (χ2n) is 2.84. The third-order valence-corrected chi connectivity index (χ3v) is 1.61. The molecule has 72 valence electrons. The lowest BCUT2D eigenvalue weighted by atomic mass is 10.1. The van der Waals surface area contributed by atoms with Crippen LogP contribution in [-0.2, 0) is 6.54 Å². The van der Waals surface area contributed by atoms with E-state index in [1.807, 2.05) is 6.92 Å². The Morgan fingerprint density at radius 1 is 1.15 bits per heavy atom. The van der Waals surface area contributed by atoms with Gasteiger partial charge in [0, 0.05) is 6.54 Å². The van der Waals surface area contributed by atoms with E-state index in [0.29, 0.717) is 5.56 Å². The van der Waals surface area contributed by atoms with E-state index in [-0.39, 0.29) is 6.54 Å². The summed E-state index contributed by atoms with van der Waals surface area (Å²) in [6.07, 6.45) is -4.30. The first-order chi connectivity index (χ1) is 5.97. The SMILES string of the molecule is Cc1ccc(CNC(F)(F)F)cc1. The van der Waals surface area contributed by atoms with Crippen LogP contribution < -0.4 is 5.32 Å². The summed E-state index contributed by atoms with van der Waals surface area (Å²) in [5.74, 6) is 0. The molecule has 0 spiro atoms. The minimum Gasteiger partial charge on any atom is -0.224 e. The highest BCUT2D eigenvalue weighted by Crippen LogP contribution is 2.11. The van der Waals surface area contributed by atoms with E-state index in [4.69, 9.17) is 0 Å². The molecule has 0 atom stereocenters. The van der Waals surface area contributed by atoms with Gasteiger partial charge in [0.25, 0.3) is 0 Å².